The summed E-state index contributed by atoms with van der Waals surface area (Å²) in [6.07, 6.45) is 0. The van der Waals surface area contributed by atoms with Gasteiger partial charge in [0.2, 0.25) is 5.78 Å². The van der Waals surface area contributed by atoms with Gasteiger partial charge < -0.3 is 15.0 Å². The topological polar surface area (TPSA) is 58.6 Å². The van der Waals surface area contributed by atoms with Crippen LogP contribution in [0.4, 0.5) is 0 Å². The summed E-state index contributed by atoms with van der Waals surface area (Å²) in [6.45, 7) is 9.77. The van der Waals surface area contributed by atoms with Crippen molar-refractivity contribution in [2.24, 2.45) is 5.92 Å². The number of amides is 1. The second-order valence-corrected chi connectivity index (χ2v) is 5.31. The molecule has 5 nitrogen and oxygen atoms in total. The van der Waals surface area contributed by atoms with E-state index in [0.29, 0.717) is 32.3 Å². The van der Waals surface area contributed by atoms with Gasteiger partial charge in [-0.3, -0.25) is 9.59 Å². The fraction of sp³-hybridized carbons (Fsp3) is 0.846. The van der Waals surface area contributed by atoms with E-state index in [0.717, 1.165) is 0 Å². The second kappa shape index (κ2) is 6.85. The Bertz CT molecular complexity index is 303. The lowest BCUT2D eigenvalue weighted by molar-refractivity contribution is -0.151. The summed E-state index contributed by atoms with van der Waals surface area (Å²) in [5.41, 5.74) is 0. The zero-order valence-corrected chi connectivity index (χ0v) is 11.7. The molecular weight excluding hydrogens is 232 g/mol. The van der Waals surface area contributed by atoms with Gasteiger partial charge in [-0.05, 0) is 0 Å². The van der Waals surface area contributed by atoms with Crippen LogP contribution in [0.3, 0.4) is 0 Å². The fourth-order valence-corrected chi connectivity index (χ4v) is 1.85. The van der Waals surface area contributed by atoms with Gasteiger partial charge in [-0.25, -0.2) is 0 Å². The van der Waals surface area contributed by atoms with Gasteiger partial charge in [0, 0.05) is 25.0 Å². The monoisotopic (exact) mass is 256 g/mol. The van der Waals surface area contributed by atoms with Crippen LogP contribution in [-0.4, -0.2) is 55.0 Å². The maximum atomic E-state index is 12.1. The van der Waals surface area contributed by atoms with Crippen molar-refractivity contribution in [3.63, 3.8) is 0 Å². The van der Waals surface area contributed by atoms with Gasteiger partial charge in [0.25, 0.3) is 5.91 Å². The molecule has 18 heavy (non-hydrogen) atoms. The summed E-state index contributed by atoms with van der Waals surface area (Å²) in [6, 6.07) is 0.307. The van der Waals surface area contributed by atoms with Gasteiger partial charge in [-0.2, -0.15) is 0 Å². The van der Waals surface area contributed by atoms with Crippen LogP contribution < -0.4 is 5.32 Å². The van der Waals surface area contributed by atoms with Crippen LogP contribution in [-0.2, 0) is 14.3 Å². The maximum Gasteiger partial charge on any atom is 0.290 e. The Balaban J connectivity index is 2.64. The van der Waals surface area contributed by atoms with E-state index in [4.69, 9.17) is 4.74 Å². The molecule has 0 radical (unpaired) electrons. The molecule has 1 saturated heterocycles. The molecule has 1 aliphatic rings. The molecule has 1 N–H and O–H groups in total. The average Bonchev–Trinajstić information content (AvgIpc) is 2.34. The van der Waals surface area contributed by atoms with E-state index in [1.807, 2.05) is 0 Å². The molecule has 0 aromatic carbocycles. The highest BCUT2D eigenvalue weighted by atomic mass is 16.5. The molecule has 1 amide bonds. The van der Waals surface area contributed by atoms with Crippen molar-refractivity contribution in [1.82, 2.24) is 10.2 Å². The first kappa shape index (κ1) is 15.1. The number of morpholine rings is 1. The minimum Gasteiger partial charge on any atom is -0.377 e. The molecule has 1 fully saturated rings. The van der Waals surface area contributed by atoms with Gasteiger partial charge in [0.1, 0.15) is 0 Å². The number of hydrogen-bond donors (Lipinski definition) is 1. The molecular formula is C13H24N2O3. The summed E-state index contributed by atoms with van der Waals surface area (Å²) in [5, 5.41) is 3.28. The van der Waals surface area contributed by atoms with Gasteiger partial charge in [0.15, 0.2) is 0 Å². The Morgan fingerprint density at radius 3 is 2.56 bits per heavy atom. The van der Waals surface area contributed by atoms with Gasteiger partial charge in [-0.1, -0.05) is 27.7 Å². The number of carbonyl (C=O) groups excluding carboxylic acids is 2. The number of rotatable bonds is 5. The first-order valence-electron chi connectivity index (χ1n) is 6.59. The third-order valence-electron chi connectivity index (χ3n) is 2.99. The summed E-state index contributed by atoms with van der Waals surface area (Å²) in [5.74, 6) is -0.936. The standard InChI is InChI=1S/C13H24N2O3/c1-9(2)12(16)13(17)15-5-6-18-8-11(15)7-14-10(3)4/h9-11,14H,5-8H2,1-4H3. The number of ketones is 1. The number of Topliss-reactive ketones (excluding diaryl/α,β-unsaturated/α-hetero) is 1. The molecule has 0 bridgehead atoms. The van der Waals surface area contributed by atoms with E-state index in [2.05, 4.69) is 19.2 Å². The predicted molar refractivity (Wildman–Crippen MR) is 69.3 cm³/mol. The fourth-order valence-electron chi connectivity index (χ4n) is 1.85. The quantitative estimate of drug-likeness (QED) is 0.725. The first-order valence-corrected chi connectivity index (χ1v) is 6.59. The third kappa shape index (κ3) is 4.07. The SMILES string of the molecule is CC(C)NCC1COCCN1C(=O)C(=O)C(C)C. The molecule has 0 aliphatic carbocycles. The first-order chi connectivity index (χ1) is 8.43. The van der Waals surface area contributed by atoms with Crippen LogP contribution in [0.2, 0.25) is 0 Å². The maximum absolute atomic E-state index is 12.1. The summed E-state index contributed by atoms with van der Waals surface area (Å²) in [7, 11) is 0. The molecule has 0 saturated carbocycles. The zero-order chi connectivity index (χ0) is 13.7. The van der Waals surface area contributed by atoms with Crippen molar-refractivity contribution in [1.29, 1.82) is 0 Å². The Morgan fingerprint density at radius 1 is 1.33 bits per heavy atom. The minimum absolute atomic E-state index is 0.0450. The minimum atomic E-state index is -0.371. The Kier molecular flexibility index (Phi) is 5.75. The van der Waals surface area contributed by atoms with Crippen LogP contribution in [0.25, 0.3) is 0 Å². The molecule has 1 heterocycles. The molecule has 1 rings (SSSR count). The van der Waals surface area contributed by atoms with Gasteiger partial charge in [-0.15, -0.1) is 0 Å². The lowest BCUT2D eigenvalue weighted by Crippen LogP contribution is -2.55. The van der Waals surface area contributed by atoms with E-state index < -0.39 is 0 Å². The molecule has 0 spiro atoms. The largest absolute Gasteiger partial charge is 0.377 e. The van der Waals surface area contributed by atoms with E-state index in [1.54, 1.807) is 18.7 Å². The predicted octanol–water partition coefficient (Wildman–Crippen LogP) is 0.437. The molecule has 1 atom stereocenters. The zero-order valence-electron chi connectivity index (χ0n) is 11.7. The Labute approximate surface area is 109 Å². The van der Waals surface area contributed by atoms with Crippen LogP contribution in [0, 0.1) is 5.92 Å². The highest BCUT2D eigenvalue weighted by molar-refractivity contribution is 6.36. The van der Waals surface area contributed by atoms with Crippen LogP contribution in [0.15, 0.2) is 0 Å². The van der Waals surface area contributed by atoms with Crippen molar-refractivity contribution >= 4 is 11.7 Å². The van der Waals surface area contributed by atoms with Crippen molar-refractivity contribution in [2.75, 3.05) is 26.3 Å². The van der Waals surface area contributed by atoms with E-state index in [9.17, 15) is 9.59 Å². The molecule has 1 unspecified atom stereocenters. The summed E-state index contributed by atoms with van der Waals surface area (Å²) >= 11 is 0. The molecule has 5 heteroatoms. The van der Waals surface area contributed by atoms with Crippen LogP contribution in [0.1, 0.15) is 27.7 Å². The average molecular weight is 256 g/mol. The van der Waals surface area contributed by atoms with Gasteiger partial charge >= 0.3 is 0 Å². The number of nitrogens with one attached hydrogen (secondary N) is 1. The number of hydrogen-bond acceptors (Lipinski definition) is 4. The molecule has 0 aromatic rings. The number of ether oxygens (including phenoxy) is 1. The highest BCUT2D eigenvalue weighted by Gasteiger charge is 2.31. The van der Waals surface area contributed by atoms with Crippen LogP contribution in [0.5, 0.6) is 0 Å². The second-order valence-electron chi connectivity index (χ2n) is 5.31. The van der Waals surface area contributed by atoms with Crippen LogP contribution >= 0.6 is 0 Å². The van der Waals surface area contributed by atoms with E-state index in [1.165, 1.54) is 0 Å². The smallest absolute Gasteiger partial charge is 0.290 e. The van der Waals surface area contributed by atoms with Crippen molar-refractivity contribution < 1.29 is 14.3 Å². The normalized spacial score (nSPS) is 20.6. The Morgan fingerprint density at radius 2 is 2.00 bits per heavy atom. The molecule has 104 valence electrons. The lowest BCUT2D eigenvalue weighted by atomic mass is 10.1. The number of carbonyl (C=O) groups is 2. The number of nitrogens with zero attached hydrogens (tertiary/aromatic N) is 1. The van der Waals surface area contributed by atoms with Crippen molar-refractivity contribution in [3.05, 3.63) is 0 Å². The summed E-state index contributed by atoms with van der Waals surface area (Å²) < 4.78 is 5.39. The van der Waals surface area contributed by atoms with Gasteiger partial charge in [0.05, 0.1) is 19.3 Å². The molecule has 0 aromatic heterocycles. The van der Waals surface area contributed by atoms with E-state index >= 15 is 0 Å². The van der Waals surface area contributed by atoms with Crippen molar-refractivity contribution in [2.45, 2.75) is 39.8 Å². The highest BCUT2D eigenvalue weighted by Crippen LogP contribution is 2.10. The summed E-state index contributed by atoms with van der Waals surface area (Å²) in [4.78, 5) is 25.5. The third-order valence-corrected chi connectivity index (χ3v) is 2.99. The van der Waals surface area contributed by atoms with Crippen molar-refractivity contribution in [3.8, 4) is 0 Å². The molecule has 1 aliphatic heterocycles. The Hall–Kier alpha value is -0.940. The lowest BCUT2D eigenvalue weighted by Gasteiger charge is -2.36. The van der Waals surface area contributed by atoms with E-state index in [-0.39, 0.29) is 23.7 Å².